The average molecular weight is 684 g/mol. The number of nitrogens with zero attached hydrogens (tertiary/aromatic N) is 1. The molecule has 2 atom stereocenters. The number of unbranched alkanes of at least 4 members (excludes halogenated alkanes) is 22. The van der Waals surface area contributed by atoms with E-state index in [9.17, 15) is 19.5 Å². The molecule has 284 valence electrons. The Bertz CT molecular complexity index is 767. The summed E-state index contributed by atoms with van der Waals surface area (Å²) < 4.78 is 17.1. The first kappa shape index (κ1) is 46.3. The molecule has 0 amide bonds. The predicted molar refractivity (Wildman–Crippen MR) is 194 cm³/mol. The minimum absolute atomic E-state index is 0.0480. The summed E-state index contributed by atoms with van der Waals surface area (Å²) in [7, 11) is 5.40. The molecule has 0 aromatic carbocycles. The van der Waals surface area contributed by atoms with Crippen LogP contribution < -0.4 is 5.11 Å². The van der Waals surface area contributed by atoms with Crippen molar-refractivity contribution in [1.82, 2.24) is 0 Å². The van der Waals surface area contributed by atoms with Gasteiger partial charge in [-0.3, -0.25) is 9.59 Å². The SMILES string of the molecule is CCCCCCCCCCCCCCCCCCCC(=O)OC(COCCC(C(=O)[O-])[N+](C)(C)C)COC(=O)CCCCCCCCC. The molecule has 0 aromatic rings. The maximum absolute atomic E-state index is 12.6. The van der Waals surface area contributed by atoms with Gasteiger partial charge in [-0.1, -0.05) is 155 Å². The highest BCUT2D eigenvalue weighted by Gasteiger charge is 2.25. The van der Waals surface area contributed by atoms with E-state index in [4.69, 9.17) is 14.2 Å². The minimum Gasteiger partial charge on any atom is -0.544 e. The molecule has 2 unspecified atom stereocenters. The van der Waals surface area contributed by atoms with Crippen molar-refractivity contribution in [2.24, 2.45) is 0 Å². The lowest BCUT2D eigenvalue weighted by molar-refractivity contribution is -0.889. The Labute approximate surface area is 296 Å². The lowest BCUT2D eigenvalue weighted by Gasteiger charge is -2.34. The van der Waals surface area contributed by atoms with Crippen LogP contribution in [-0.2, 0) is 28.6 Å². The van der Waals surface area contributed by atoms with E-state index in [2.05, 4.69) is 13.8 Å². The molecule has 0 fully saturated rings. The van der Waals surface area contributed by atoms with Gasteiger partial charge in [0.1, 0.15) is 12.6 Å². The third-order valence-corrected chi connectivity index (χ3v) is 9.24. The number of rotatable bonds is 36. The molecule has 0 spiro atoms. The molecule has 0 aliphatic carbocycles. The molecule has 0 radical (unpaired) electrons. The van der Waals surface area contributed by atoms with Crippen molar-refractivity contribution in [1.29, 1.82) is 0 Å². The van der Waals surface area contributed by atoms with E-state index >= 15 is 0 Å². The Balaban J connectivity index is 4.26. The van der Waals surface area contributed by atoms with Crippen LogP contribution in [0.5, 0.6) is 0 Å². The third-order valence-electron chi connectivity index (χ3n) is 9.24. The molecule has 0 N–H and O–H groups in total. The minimum atomic E-state index is -1.12. The maximum atomic E-state index is 12.6. The zero-order valence-corrected chi connectivity index (χ0v) is 32.2. The van der Waals surface area contributed by atoms with Crippen LogP contribution in [0, 0.1) is 0 Å². The molecular formula is C40H77NO7. The molecule has 8 nitrogen and oxygen atoms in total. The number of esters is 2. The van der Waals surface area contributed by atoms with Crippen molar-refractivity contribution in [3.8, 4) is 0 Å². The molecule has 0 rings (SSSR count). The number of hydrogen-bond donors (Lipinski definition) is 0. The van der Waals surface area contributed by atoms with Crippen LogP contribution in [-0.4, -0.2) is 75.5 Å². The summed E-state index contributed by atoms with van der Waals surface area (Å²) in [5, 5.41) is 11.6. The van der Waals surface area contributed by atoms with Crippen LogP contribution in [0.25, 0.3) is 0 Å². The van der Waals surface area contributed by atoms with Crippen molar-refractivity contribution in [2.75, 3.05) is 41.0 Å². The highest BCUT2D eigenvalue weighted by atomic mass is 16.6. The molecule has 0 saturated carbocycles. The Kier molecular flexibility index (Phi) is 31.4. The second-order valence-corrected chi connectivity index (χ2v) is 14.9. The molecule has 0 aliphatic rings. The van der Waals surface area contributed by atoms with Gasteiger partial charge in [0.2, 0.25) is 0 Å². The van der Waals surface area contributed by atoms with Gasteiger partial charge >= 0.3 is 11.9 Å². The van der Waals surface area contributed by atoms with E-state index in [1.165, 1.54) is 116 Å². The molecule has 0 bridgehead atoms. The zero-order chi connectivity index (χ0) is 35.7. The second-order valence-electron chi connectivity index (χ2n) is 14.9. The Morgan fingerprint density at radius 2 is 0.917 bits per heavy atom. The van der Waals surface area contributed by atoms with Crippen LogP contribution in [0.4, 0.5) is 0 Å². The summed E-state index contributed by atoms with van der Waals surface area (Å²) in [5.41, 5.74) is 0. The number of carboxylic acid groups (broad SMARTS) is 1. The van der Waals surface area contributed by atoms with Crippen molar-refractivity contribution < 1.29 is 38.2 Å². The van der Waals surface area contributed by atoms with Gasteiger partial charge in [-0.25, -0.2) is 0 Å². The average Bonchev–Trinajstić information content (AvgIpc) is 3.03. The summed E-state index contributed by atoms with van der Waals surface area (Å²) in [6.45, 7) is 4.63. The number of carbonyl (C=O) groups excluding carboxylic acids is 3. The van der Waals surface area contributed by atoms with Crippen molar-refractivity contribution in [3.63, 3.8) is 0 Å². The van der Waals surface area contributed by atoms with Crippen LogP contribution in [0.15, 0.2) is 0 Å². The van der Waals surface area contributed by atoms with E-state index in [0.29, 0.717) is 12.8 Å². The van der Waals surface area contributed by atoms with Crippen LogP contribution in [0.1, 0.15) is 187 Å². The summed E-state index contributed by atoms with van der Waals surface area (Å²) in [6, 6.07) is -0.717. The second kappa shape index (κ2) is 32.5. The van der Waals surface area contributed by atoms with E-state index in [1.54, 1.807) is 21.1 Å². The summed E-state index contributed by atoms with van der Waals surface area (Å²) in [5.74, 6) is -1.73. The summed E-state index contributed by atoms with van der Waals surface area (Å²) >= 11 is 0. The largest absolute Gasteiger partial charge is 0.544 e. The molecule has 0 heterocycles. The molecule has 0 aliphatic heterocycles. The summed E-state index contributed by atoms with van der Waals surface area (Å²) in [6.07, 6.45) is 29.9. The number of hydrogen-bond acceptors (Lipinski definition) is 7. The third kappa shape index (κ3) is 30.4. The molecule has 48 heavy (non-hydrogen) atoms. The first-order valence-corrected chi connectivity index (χ1v) is 20.1. The smallest absolute Gasteiger partial charge is 0.306 e. The van der Waals surface area contributed by atoms with Gasteiger partial charge in [0.15, 0.2) is 6.10 Å². The van der Waals surface area contributed by atoms with E-state index in [0.717, 1.165) is 38.5 Å². The van der Waals surface area contributed by atoms with Gasteiger partial charge < -0.3 is 28.6 Å². The van der Waals surface area contributed by atoms with E-state index in [1.807, 2.05) is 0 Å². The number of ether oxygens (including phenoxy) is 3. The lowest BCUT2D eigenvalue weighted by Crippen LogP contribution is -2.55. The van der Waals surface area contributed by atoms with Gasteiger partial charge in [-0.05, 0) is 12.8 Å². The van der Waals surface area contributed by atoms with Crippen molar-refractivity contribution >= 4 is 17.9 Å². The number of aliphatic carboxylic acids is 1. The number of carboxylic acids is 1. The fraction of sp³-hybridized carbons (Fsp3) is 0.925. The molecule has 0 saturated heterocycles. The van der Waals surface area contributed by atoms with Gasteiger partial charge in [0, 0.05) is 19.3 Å². The van der Waals surface area contributed by atoms with Crippen LogP contribution >= 0.6 is 0 Å². The standard InChI is InChI=1S/C40H77NO7/c1-6-8-10-12-14-15-16-17-18-19-20-21-22-23-25-27-29-31-39(43)48-36(34-46-33-32-37(40(44)45)41(3,4)5)35-47-38(42)30-28-26-24-13-11-9-7-2/h36-37H,6-35H2,1-5H3. The van der Waals surface area contributed by atoms with Gasteiger partial charge in [0.25, 0.3) is 0 Å². The van der Waals surface area contributed by atoms with E-state index in [-0.39, 0.29) is 42.7 Å². The normalized spacial score (nSPS) is 12.9. The summed E-state index contributed by atoms with van der Waals surface area (Å²) in [4.78, 5) is 36.5. The predicted octanol–water partition coefficient (Wildman–Crippen LogP) is 8.86. The fourth-order valence-corrected chi connectivity index (χ4v) is 6.07. The molecule has 0 aromatic heterocycles. The van der Waals surface area contributed by atoms with Gasteiger partial charge in [-0.2, -0.15) is 0 Å². The topological polar surface area (TPSA) is 102 Å². The molecular weight excluding hydrogens is 606 g/mol. The monoisotopic (exact) mass is 684 g/mol. The first-order chi connectivity index (χ1) is 23.1. The number of likely N-dealkylation sites (N-methyl/N-ethyl adjacent to an activating group) is 1. The van der Waals surface area contributed by atoms with E-state index < -0.39 is 18.1 Å². The van der Waals surface area contributed by atoms with Crippen LogP contribution in [0.3, 0.4) is 0 Å². The fourth-order valence-electron chi connectivity index (χ4n) is 6.07. The quantitative estimate of drug-likeness (QED) is 0.0369. The highest BCUT2D eigenvalue weighted by molar-refractivity contribution is 5.70. The Hall–Kier alpha value is -1.67. The van der Waals surface area contributed by atoms with Crippen molar-refractivity contribution in [2.45, 2.75) is 199 Å². The van der Waals surface area contributed by atoms with Crippen LogP contribution in [0.2, 0.25) is 0 Å². The Morgan fingerprint density at radius 1 is 0.542 bits per heavy atom. The van der Waals surface area contributed by atoms with Gasteiger partial charge in [-0.15, -0.1) is 0 Å². The highest BCUT2D eigenvalue weighted by Crippen LogP contribution is 2.15. The van der Waals surface area contributed by atoms with Gasteiger partial charge in [0.05, 0.1) is 40.3 Å². The zero-order valence-electron chi connectivity index (χ0n) is 32.2. The molecule has 8 heteroatoms. The Morgan fingerprint density at radius 3 is 1.29 bits per heavy atom. The first-order valence-electron chi connectivity index (χ1n) is 20.1. The number of carbonyl (C=O) groups is 3. The maximum Gasteiger partial charge on any atom is 0.306 e. The lowest BCUT2D eigenvalue weighted by atomic mass is 10.0. The number of quaternary nitrogens is 1. The van der Waals surface area contributed by atoms with Crippen molar-refractivity contribution in [3.05, 3.63) is 0 Å².